The Kier molecular flexibility index (Phi) is 8.29. The topological polar surface area (TPSA) is 0 Å². The normalized spacial score (nSPS) is 17.4. The molecule has 0 rings (SSSR count). The summed E-state index contributed by atoms with van der Waals surface area (Å²) in [5.74, 6) is 2.27. The maximum atomic E-state index is 2.41. The van der Waals surface area contributed by atoms with E-state index in [1.54, 1.807) is 0 Å². The van der Waals surface area contributed by atoms with E-state index < -0.39 is 0 Å². The van der Waals surface area contributed by atoms with Crippen LogP contribution in [0, 0.1) is 17.8 Å². The number of rotatable bonds is 7. The Bertz CT molecular complexity index is 255. The summed E-state index contributed by atoms with van der Waals surface area (Å²) in [6, 6.07) is 0. The average Bonchev–Trinajstić information content (AvgIpc) is 2.26. The van der Waals surface area contributed by atoms with Crippen molar-refractivity contribution in [2.24, 2.45) is 17.8 Å². The van der Waals surface area contributed by atoms with E-state index in [0.717, 1.165) is 11.8 Å². The van der Waals surface area contributed by atoms with Crippen LogP contribution in [0.3, 0.4) is 0 Å². The lowest BCUT2D eigenvalue weighted by Gasteiger charge is -2.23. The Labute approximate surface area is 109 Å². The van der Waals surface area contributed by atoms with Crippen LogP contribution >= 0.6 is 0 Å². The summed E-state index contributed by atoms with van der Waals surface area (Å²) in [7, 11) is 0. The summed E-state index contributed by atoms with van der Waals surface area (Å²) in [6.45, 7) is 16.1. The first-order chi connectivity index (χ1) is 7.93. The zero-order valence-corrected chi connectivity index (χ0v) is 13.0. The third kappa shape index (κ3) is 6.10. The summed E-state index contributed by atoms with van der Waals surface area (Å²) in [5.41, 5.74) is 2.99. The second-order valence-electron chi connectivity index (χ2n) is 5.75. The third-order valence-electron chi connectivity index (χ3n) is 3.95. The largest absolute Gasteiger partial charge is 0.0811 e. The van der Waals surface area contributed by atoms with E-state index in [4.69, 9.17) is 0 Å². The van der Waals surface area contributed by atoms with Gasteiger partial charge in [0.05, 0.1) is 0 Å². The first kappa shape index (κ1) is 16.5. The second kappa shape index (κ2) is 8.55. The van der Waals surface area contributed by atoms with Crippen LogP contribution in [0.15, 0.2) is 23.3 Å². The van der Waals surface area contributed by atoms with Gasteiger partial charge in [0.2, 0.25) is 0 Å². The molecule has 0 N–H and O–H groups in total. The van der Waals surface area contributed by atoms with Crippen LogP contribution in [0.2, 0.25) is 0 Å². The predicted octanol–water partition coefficient (Wildman–Crippen LogP) is 6.00. The lowest BCUT2D eigenvalue weighted by atomic mass is 9.82. The number of hydrogen-bond acceptors (Lipinski definition) is 0. The van der Waals surface area contributed by atoms with Crippen LogP contribution < -0.4 is 0 Å². The van der Waals surface area contributed by atoms with Crippen molar-refractivity contribution in [2.45, 2.75) is 67.7 Å². The molecule has 2 atom stereocenters. The van der Waals surface area contributed by atoms with Crippen molar-refractivity contribution in [1.29, 1.82) is 0 Å². The molecule has 0 aliphatic rings. The molecule has 0 heteroatoms. The summed E-state index contributed by atoms with van der Waals surface area (Å²) in [6.07, 6.45) is 8.49. The van der Waals surface area contributed by atoms with Crippen molar-refractivity contribution >= 4 is 0 Å². The van der Waals surface area contributed by atoms with Gasteiger partial charge in [0.1, 0.15) is 0 Å². The molecule has 0 aromatic rings. The molecule has 17 heavy (non-hydrogen) atoms. The van der Waals surface area contributed by atoms with Gasteiger partial charge in [0, 0.05) is 0 Å². The highest BCUT2D eigenvalue weighted by atomic mass is 14.2. The minimum absolute atomic E-state index is 0.685. The van der Waals surface area contributed by atoms with E-state index in [2.05, 4.69) is 60.6 Å². The quantitative estimate of drug-likeness (QED) is 0.476. The minimum Gasteiger partial charge on any atom is -0.0811 e. The Morgan fingerprint density at radius 2 is 1.65 bits per heavy atom. The molecule has 0 amide bonds. The molecule has 0 fully saturated rings. The van der Waals surface area contributed by atoms with Gasteiger partial charge in [-0.2, -0.15) is 0 Å². The second-order valence-corrected chi connectivity index (χ2v) is 5.75. The van der Waals surface area contributed by atoms with Crippen LogP contribution in [-0.2, 0) is 0 Å². The Morgan fingerprint density at radius 1 is 1.06 bits per heavy atom. The van der Waals surface area contributed by atoms with Crippen molar-refractivity contribution in [3.63, 3.8) is 0 Å². The van der Waals surface area contributed by atoms with E-state index in [-0.39, 0.29) is 0 Å². The maximum absolute atomic E-state index is 2.41. The van der Waals surface area contributed by atoms with E-state index in [1.165, 1.54) is 30.4 Å². The molecule has 0 nitrogen and oxygen atoms in total. The molecular weight excluding hydrogens is 204 g/mol. The fourth-order valence-corrected chi connectivity index (χ4v) is 2.60. The fraction of sp³-hybridized carbons (Fsp3) is 0.765. The highest BCUT2D eigenvalue weighted by Crippen LogP contribution is 2.25. The highest BCUT2D eigenvalue weighted by molar-refractivity contribution is 5.22. The minimum atomic E-state index is 0.685. The molecule has 0 aromatic heterocycles. The van der Waals surface area contributed by atoms with Crippen LogP contribution in [0.4, 0.5) is 0 Å². The molecule has 0 aliphatic carbocycles. The van der Waals surface area contributed by atoms with Gasteiger partial charge in [-0.15, -0.1) is 0 Å². The lowest BCUT2D eigenvalue weighted by molar-refractivity contribution is 0.303. The molecule has 0 heterocycles. The van der Waals surface area contributed by atoms with Crippen LogP contribution in [0.5, 0.6) is 0 Å². The Balaban J connectivity index is 4.55. The summed E-state index contributed by atoms with van der Waals surface area (Å²) >= 11 is 0. The number of allylic oxidation sites excluding steroid dienone is 4. The van der Waals surface area contributed by atoms with E-state index in [9.17, 15) is 0 Å². The summed E-state index contributed by atoms with van der Waals surface area (Å²) in [4.78, 5) is 0. The van der Waals surface area contributed by atoms with Gasteiger partial charge in [-0.1, -0.05) is 70.8 Å². The lowest BCUT2D eigenvalue weighted by Crippen LogP contribution is -2.15. The van der Waals surface area contributed by atoms with Crippen molar-refractivity contribution in [1.82, 2.24) is 0 Å². The molecule has 2 unspecified atom stereocenters. The smallest absolute Gasteiger partial charge is 0.0228 e. The van der Waals surface area contributed by atoms with Gasteiger partial charge < -0.3 is 0 Å². The molecule has 0 radical (unpaired) electrons. The first-order valence-electron chi connectivity index (χ1n) is 7.28. The monoisotopic (exact) mass is 236 g/mol. The SMILES string of the molecule is CCCC(C)=C(C)C=CC(C)C(CC)C(C)C. The molecule has 0 saturated carbocycles. The van der Waals surface area contributed by atoms with Crippen LogP contribution in [0.1, 0.15) is 67.7 Å². The molecule has 0 aliphatic heterocycles. The van der Waals surface area contributed by atoms with Gasteiger partial charge in [-0.3, -0.25) is 0 Å². The molecule has 0 spiro atoms. The van der Waals surface area contributed by atoms with E-state index in [1.807, 2.05) is 0 Å². The predicted molar refractivity (Wildman–Crippen MR) is 80.2 cm³/mol. The highest BCUT2D eigenvalue weighted by Gasteiger charge is 2.16. The molecule has 0 saturated heterocycles. The van der Waals surface area contributed by atoms with E-state index >= 15 is 0 Å². The van der Waals surface area contributed by atoms with Crippen molar-refractivity contribution in [2.75, 3.05) is 0 Å². The Hall–Kier alpha value is -0.520. The van der Waals surface area contributed by atoms with E-state index in [0.29, 0.717) is 5.92 Å². The van der Waals surface area contributed by atoms with Gasteiger partial charge in [-0.05, 0) is 38.0 Å². The zero-order chi connectivity index (χ0) is 13.4. The van der Waals surface area contributed by atoms with Gasteiger partial charge in [0.25, 0.3) is 0 Å². The van der Waals surface area contributed by atoms with Crippen molar-refractivity contribution < 1.29 is 0 Å². The van der Waals surface area contributed by atoms with Gasteiger partial charge in [-0.25, -0.2) is 0 Å². The Morgan fingerprint density at radius 3 is 2.06 bits per heavy atom. The average molecular weight is 236 g/mol. The summed E-state index contributed by atoms with van der Waals surface area (Å²) < 4.78 is 0. The zero-order valence-electron chi connectivity index (χ0n) is 13.0. The molecular formula is C17H32. The maximum Gasteiger partial charge on any atom is -0.0228 e. The molecule has 0 bridgehead atoms. The van der Waals surface area contributed by atoms with Gasteiger partial charge >= 0.3 is 0 Å². The van der Waals surface area contributed by atoms with Gasteiger partial charge in [0.15, 0.2) is 0 Å². The van der Waals surface area contributed by atoms with Crippen molar-refractivity contribution in [3.05, 3.63) is 23.3 Å². The molecule has 0 aromatic carbocycles. The van der Waals surface area contributed by atoms with Crippen LogP contribution in [-0.4, -0.2) is 0 Å². The third-order valence-corrected chi connectivity index (χ3v) is 3.95. The standard InChI is InChI=1S/C17H32/c1-8-10-14(5)15(6)11-12-16(7)17(9-2)13(3)4/h11-13,16-17H,8-10H2,1-7H3. The summed E-state index contributed by atoms with van der Waals surface area (Å²) in [5, 5.41) is 0. The molecule has 100 valence electrons. The van der Waals surface area contributed by atoms with Crippen LogP contribution in [0.25, 0.3) is 0 Å². The number of hydrogen-bond donors (Lipinski definition) is 0. The fourth-order valence-electron chi connectivity index (χ4n) is 2.60. The first-order valence-corrected chi connectivity index (χ1v) is 7.28. The van der Waals surface area contributed by atoms with Crippen molar-refractivity contribution in [3.8, 4) is 0 Å².